The topological polar surface area (TPSA) is 18.5 Å². The van der Waals surface area contributed by atoms with Gasteiger partial charge < -0.3 is 8.85 Å². The first-order valence-electron chi connectivity index (χ1n) is 10.7. The van der Waals surface area contributed by atoms with Crippen LogP contribution in [0.25, 0.3) is 0 Å². The van der Waals surface area contributed by atoms with Crippen molar-refractivity contribution in [3.8, 4) is 0 Å². The molecule has 0 aliphatic carbocycles. The van der Waals surface area contributed by atoms with E-state index in [1.807, 2.05) is 0 Å². The molecule has 3 heteroatoms. The van der Waals surface area contributed by atoms with Crippen LogP contribution in [0.5, 0.6) is 0 Å². The van der Waals surface area contributed by atoms with Crippen LogP contribution < -0.4 is 0 Å². The van der Waals surface area contributed by atoms with Crippen LogP contribution in [0.4, 0.5) is 0 Å². The van der Waals surface area contributed by atoms with Crippen molar-refractivity contribution in [1.29, 1.82) is 0 Å². The third-order valence-electron chi connectivity index (χ3n) is 5.70. The van der Waals surface area contributed by atoms with Crippen molar-refractivity contribution < 1.29 is 8.85 Å². The second-order valence-electron chi connectivity index (χ2n) is 7.71. The summed E-state index contributed by atoms with van der Waals surface area (Å²) in [5.74, 6) is 0. The van der Waals surface area contributed by atoms with E-state index >= 15 is 0 Å². The molecule has 0 amide bonds. The summed E-state index contributed by atoms with van der Waals surface area (Å²) in [4.78, 5) is 0. The molecule has 0 fully saturated rings. The molecule has 0 N–H and O–H groups in total. The molecular formula is C21H46O2Si. The van der Waals surface area contributed by atoms with Crippen molar-refractivity contribution in [2.75, 3.05) is 14.2 Å². The second kappa shape index (κ2) is 16.6. The predicted octanol–water partition coefficient (Wildman–Crippen LogP) is 7.61. The van der Waals surface area contributed by atoms with Crippen LogP contribution in [0.1, 0.15) is 110 Å². The standard InChI is InChI=1S/C21H46O2Si/c1-6-7-8-9-10-11-12-13-14-15-16-17-18-19-20-21(2)24(5,22-3)23-4/h21H,6-20H2,1-5H3. The third-order valence-corrected chi connectivity index (χ3v) is 9.40. The molecule has 0 bridgehead atoms. The fourth-order valence-corrected chi connectivity index (χ4v) is 5.09. The van der Waals surface area contributed by atoms with E-state index < -0.39 is 8.56 Å². The zero-order valence-electron chi connectivity index (χ0n) is 17.5. The van der Waals surface area contributed by atoms with Gasteiger partial charge in [-0.05, 0) is 18.5 Å². The molecule has 0 radical (unpaired) electrons. The summed E-state index contributed by atoms with van der Waals surface area (Å²) in [5, 5.41) is 0. The van der Waals surface area contributed by atoms with Crippen molar-refractivity contribution in [3.05, 3.63) is 0 Å². The fraction of sp³-hybridized carbons (Fsp3) is 1.00. The van der Waals surface area contributed by atoms with E-state index in [4.69, 9.17) is 8.85 Å². The van der Waals surface area contributed by atoms with E-state index in [0.717, 1.165) is 0 Å². The Kier molecular flexibility index (Phi) is 16.7. The lowest BCUT2D eigenvalue weighted by molar-refractivity contribution is 0.235. The van der Waals surface area contributed by atoms with Gasteiger partial charge in [-0.3, -0.25) is 0 Å². The normalized spacial score (nSPS) is 13.4. The Morgan fingerprint density at radius 3 is 1.29 bits per heavy atom. The smallest absolute Gasteiger partial charge is 0.337 e. The van der Waals surface area contributed by atoms with Gasteiger partial charge in [0.1, 0.15) is 0 Å². The van der Waals surface area contributed by atoms with Crippen molar-refractivity contribution in [1.82, 2.24) is 0 Å². The van der Waals surface area contributed by atoms with Gasteiger partial charge in [0, 0.05) is 14.2 Å². The summed E-state index contributed by atoms with van der Waals surface area (Å²) in [6.07, 6.45) is 21.2. The first-order chi connectivity index (χ1) is 11.6. The van der Waals surface area contributed by atoms with E-state index in [2.05, 4.69) is 20.4 Å². The highest BCUT2D eigenvalue weighted by molar-refractivity contribution is 6.67. The summed E-state index contributed by atoms with van der Waals surface area (Å²) in [5.41, 5.74) is 0.588. The molecule has 2 nitrogen and oxygen atoms in total. The molecule has 0 aromatic carbocycles. The molecule has 0 aromatic heterocycles. The Labute approximate surface area is 154 Å². The summed E-state index contributed by atoms with van der Waals surface area (Å²) in [7, 11) is 1.70. The van der Waals surface area contributed by atoms with Gasteiger partial charge in [-0.25, -0.2) is 0 Å². The zero-order chi connectivity index (χ0) is 18.1. The summed E-state index contributed by atoms with van der Waals surface area (Å²) in [6, 6.07) is 0. The van der Waals surface area contributed by atoms with E-state index in [-0.39, 0.29) is 0 Å². The molecule has 24 heavy (non-hydrogen) atoms. The van der Waals surface area contributed by atoms with Gasteiger partial charge in [-0.1, -0.05) is 104 Å². The third kappa shape index (κ3) is 12.5. The van der Waals surface area contributed by atoms with Gasteiger partial charge in [0.25, 0.3) is 0 Å². The Bertz CT molecular complexity index is 254. The summed E-state index contributed by atoms with van der Waals surface area (Å²) in [6.45, 7) is 6.77. The van der Waals surface area contributed by atoms with Crippen LogP contribution >= 0.6 is 0 Å². The molecule has 1 atom stereocenters. The molecule has 0 heterocycles. The lowest BCUT2D eigenvalue weighted by atomic mass is 10.0. The summed E-state index contributed by atoms with van der Waals surface area (Å²) < 4.78 is 11.3. The van der Waals surface area contributed by atoms with E-state index in [1.54, 1.807) is 14.2 Å². The Hall–Kier alpha value is 0.137. The highest BCUT2D eigenvalue weighted by Crippen LogP contribution is 2.28. The lowest BCUT2D eigenvalue weighted by Crippen LogP contribution is -2.40. The van der Waals surface area contributed by atoms with Crippen LogP contribution in [-0.2, 0) is 8.85 Å². The first-order valence-corrected chi connectivity index (χ1v) is 13.1. The minimum atomic E-state index is -1.91. The highest BCUT2D eigenvalue weighted by atomic mass is 28.4. The van der Waals surface area contributed by atoms with Crippen LogP contribution in [0, 0.1) is 0 Å². The van der Waals surface area contributed by atoms with E-state index in [0.29, 0.717) is 5.54 Å². The molecule has 0 aliphatic heterocycles. The van der Waals surface area contributed by atoms with Crippen molar-refractivity contribution in [3.63, 3.8) is 0 Å². The van der Waals surface area contributed by atoms with Crippen molar-refractivity contribution in [2.24, 2.45) is 0 Å². The molecule has 1 unspecified atom stereocenters. The number of unbranched alkanes of at least 4 members (excludes halogenated alkanes) is 13. The first kappa shape index (κ1) is 24.1. The van der Waals surface area contributed by atoms with E-state index in [9.17, 15) is 0 Å². The highest BCUT2D eigenvalue weighted by Gasteiger charge is 2.35. The largest absolute Gasteiger partial charge is 0.398 e. The average Bonchev–Trinajstić information content (AvgIpc) is 2.61. The second-order valence-corrected chi connectivity index (χ2v) is 11.5. The lowest BCUT2D eigenvalue weighted by Gasteiger charge is -2.29. The molecule has 0 aliphatic rings. The van der Waals surface area contributed by atoms with E-state index in [1.165, 1.54) is 96.3 Å². The van der Waals surface area contributed by atoms with Crippen molar-refractivity contribution in [2.45, 2.75) is 122 Å². The molecule has 0 aromatic rings. The van der Waals surface area contributed by atoms with Gasteiger partial charge >= 0.3 is 8.56 Å². The van der Waals surface area contributed by atoms with Crippen LogP contribution in [0.15, 0.2) is 0 Å². The number of hydrogen-bond acceptors (Lipinski definition) is 2. The molecule has 0 saturated carbocycles. The van der Waals surface area contributed by atoms with Gasteiger partial charge in [0.05, 0.1) is 0 Å². The Balaban J connectivity index is 3.28. The maximum atomic E-state index is 5.64. The SMILES string of the molecule is CCCCCCCCCCCCCCCCC(C)[Si](C)(OC)OC. The van der Waals surface area contributed by atoms with Crippen LogP contribution in [0.3, 0.4) is 0 Å². The maximum Gasteiger partial charge on any atom is 0.337 e. The van der Waals surface area contributed by atoms with Gasteiger partial charge in [-0.2, -0.15) is 0 Å². The monoisotopic (exact) mass is 358 g/mol. The van der Waals surface area contributed by atoms with Crippen LogP contribution in [-0.4, -0.2) is 22.8 Å². The van der Waals surface area contributed by atoms with Gasteiger partial charge in [-0.15, -0.1) is 0 Å². The molecule has 146 valence electrons. The molecular weight excluding hydrogens is 312 g/mol. The predicted molar refractivity (Wildman–Crippen MR) is 110 cm³/mol. The molecule has 0 rings (SSSR count). The Morgan fingerprint density at radius 2 is 0.958 bits per heavy atom. The van der Waals surface area contributed by atoms with Crippen molar-refractivity contribution >= 4 is 8.56 Å². The average molecular weight is 359 g/mol. The van der Waals surface area contributed by atoms with Crippen LogP contribution in [0.2, 0.25) is 12.1 Å². The zero-order valence-corrected chi connectivity index (χ0v) is 18.5. The fourth-order valence-electron chi connectivity index (χ4n) is 3.39. The Morgan fingerprint density at radius 1 is 0.625 bits per heavy atom. The molecule has 0 spiro atoms. The minimum absolute atomic E-state index is 0.588. The quantitative estimate of drug-likeness (QED) is 0.185. The number of hydrogen-bond donors (Lipinski definition) is 0. The minimum Gasteiger partial charge on any atom is -0.398 e. The molecule has 0 saturated heterocycles. The summed E-state index contributed by atoms with van der Waals surface area (Å²) >= 11 is 0. The van der Waals surface area contributed by atoms with Gasteiger partial charge in [0.2, 0.25) is 0 Å². The number of rotatable bonds is 18. The van der Waals surface area contributed by atoms with Gasteiger partial charge in [0.15, 0.2) is 0 Å². The maximum absolute atomic E-state index is 5.64.